The van der Waals surface area contributed by atoms with Crippen LogP contribution in [0.2, 0.25) is 0 Å². The number of amides is 1. The standard InChI is InChI=1S/C22H23N3O3S2/c1-16-7-9-17(10-8-16)20-13-23-22(25(20)19-5-3-2-4-6-19)29-14-21(26)24-18-11-12-30(27,28)15-18/h2-10,13,18H,11-12,14-15H2,1H3,(H,24,26). The Kier molecular flexibility index (Phi) is 5.97. The van der Waals surface area contributed by atoms with E-state index in [0.717, 1.165) is 16.9 Å². The Balaban J connectivity index is 1.54. The summed E-state index contributed by atoms with van der Waals surface area (Å²) >= 11 is 1.34. The van der Waals surface area contributed by atoms with Gasteiger partial charge in [0, 0.05) is 17.3 Å². The Morgan fingerprint density at radius 1 is 1.17 bits per heavy atom. The lowest BCUT2D eigenvalue weighted by Crippen LogP contribution is -2.36. The van der Waals surface area contributed by atoms with E-state index >= 15 is 0 Å². The molecule has 0 aliphatic carbocycles. The summed E-state index contributed by atoms with van der Waals surface area (Å²) in [6.45, 7) is 2.05. The molecule has 1 aliphatic heterocycles. The second kappa shape index (κ2) is 8.65. The number of rotatable bonds is 6. The monoisotopic (exact) mass is 441 g/mol. The molecule has 1 N–H and O–H groups in total. The summed E-state index contributed by atoms with van der Waals surface area (Å²) in [5.74, 6) is 0.165. The summed E-state index contributed by atoms with van der Waals surface area (Å²) in [6.07, 6.45) is 2.30. The summed E-state index contributed by atoms with van der Waals surface area (Å²) in [5, 5.41) is 3.55. The highest BCUT2D eigenvalue weighted by molar-refractivity contribution is 7.99. The second-order valence-electron chi connectivity index (χ2n) is 7.42. The molecule has 0 spiro atoms. The third-order valence-corrected chi connectivity index (χ3v) is 7.74. The van der Waals surface area contributed by atoms with Crippen LogP contribution in [0.5, 0.6) is 0 Å². The number of carbonyl (C=O) groups excluding carboxylic acids is 1. The minimum Gasteiger partial charge on any atom is -0.352 e. The summed E-state index contributed by atoms with van der Waals surface area (Å²) in [6, 6.07) is 17.9. The first-order valence-electron chi connectivity index (χ1n) is 9.74. The number of sulfone groups is 1. The van der Waals surface area contributed by atoms with Crippen molar-refractivity contribution in [2.24, 2.45) is 0 Å². The van der Waals surface area contributed by atoms with Crippen molar-refractivity contribution in [1.82, 2.24) is 14.9 Å². The smallest absolute Gasteiger partial charge is 0.230 e. The number of para-hydroxylation sites is 1. The Morgan fingerprint density at radius 2 is 1.90 bits per heavy atom. The number of hydrogen-bond donors (Lipinski definition) is 1. The summed E-state index contributed by atoms with van der Waals surface area (Å²) in [4.78, 5) is 16.9. The third-order valence-electron chi connectivity index (χ3n) is 5.02. The van der Waals surface area contributed by atoms with Crippen LogP contribution in [-0.2, 0) is 14.6 Å². The first-order chi connectivity index (χ1) is 14.4. The van der Waals surface area contributed by atoms with Crippen LogP contribution in [0.3, 0.4) is 0 Å². The average Bonchev–Trinajstić information content (AvgIpc) is 3.30. The van der Waals surface area contributed by atoms with Gasteiger partial charge in [-0.2, -0.15) is 0 Å². The molecule has 2 aromatic carbocycles. The zero-order valence-electron chi connectivity index (χ0n) is 16.6. The maximum absolute atomic E-state index is 12.4. The fraction of sp³-hybridized carbons (Fsp3) is 0.273. The van der Waals surface area contributed by atoms with E-state index in [9.17, 15) is 13.2 Å². The van der Waals surface area contributed by atoms with Crippen LogP contribution in [0.1, 0.15) is 12.0 Å². The molecule has 0 saturated carbocycles. The molecular weight excluding hydrogens is 418 g/mol. The fourth-order valence-corrected chi connectivity index (χ4v) is 5.98. The van der Waals surface area contributed by atoms with Crippen molar-refractivity contribution in [2.45, 2.75) is 24.5 Å². The minimum absolute atomic E-state index is 0.0274. The molecule has 4 rings (SSSR count). The van der Waals surface area contributed by atoms with E-state index < -0.39 is 9.84 Å². The van der Waals surface area contributed by atoms with Gasteiger partial charge in [0.25, 0.3) is 0 Å². The van der Waals surface area contributed by atoms with Crippen molar-refractivity contribution in [3.63, 3.8) is 0 Å². The zero-order valence-corrected chi connectivity index (χ0v) is 18.2. The van der Waals surface area contributed by atoms with Gasteiger partial charge >= 0.3 is 0 Å². The average molecular weight is 442 g/mol. The molecule has 1 fully saturated rings. The van der Waals surface area contributed by atoms with Crippen LogP contribution in [0.4, 0.5) is 0 Å². The van der Waals surface area contributed by atoms with Crippen molar-refractivity contribution < 1.29 is 13.2 Å². The number of aryl methyl sites for hydroxylation is 1. The van der Waals surface area contributed by atoms with Gasteiger partial charge < -0.3 is 5.32 Å². The molecule has 30 heavy (non-hydrogen) atoms. The van der Waals surface area contributed by atoms with Crippen molar-refractivity contribution in [1.29, 1.82) is 0 Å². The molecule has 3 aromatic rings. The molecule has 6 nitrogen and oxygen atoms in total. The molecule has 1 saturated heterocycles. The molecule has 1 amide bonds. The molecule has 1 unspecified atom stereocenters. The van der Waals surface area contributed by atoms with E-state index in [1.165, 1.54) is 17.3 Å². The third kappa shape index (κ3) is 4.76. The Labute approximate surface area is 180 Å². The van der Waals surface area contributed by atoms with Crippen LogP contribution in [0.15, 0.2) is 66.0 Å². The predicted octanol–water partition coefficient (Wildman–Crippen LogP) is 3.24. The number of nitrogens with zero attached hydrogens (tertiary/aromatic N) is 2. The lowest BCUT2D eigenvalue weighted by atomic mass is 10.1. The van der Waals surface area contributed by atoms with Gasteiger partial charge in [0.2, 0.25) is 5.91 Å². The van der Waals surface area contributed by atoms with Crippen LogP contribution >= 0.6 is 11.8 Å². The van der Waals surface area contributed by atoms with Gasteiger partial charge in [0.15, 0.2) is 15.0 Å². The molecule has 1 aliphatic rings. The first-order valence-corrected chi connectivity index (χ1v) is 12.5. The fourth-order valence-electron chi connectivity index (χ4n) is 3.50. The Hall–Kier alpha value is -2.58. The van der Waals surface area contributed by atoms with Gasteiger partial charge in [-0.1, -0.05) is 59.8 Å². The number of benzene rings is 2. The highest BCUT2D eigenvalue weighted by atomic mass is 32.2. The molecule has 0 bridgehead atoms. The molecule has 1 aromatic heterocycles. The first kappa shape index (κ1) is 20.7. The van der Waals surface area contributed by atoms with Crippen molar-refractivity contribution >= 4 is 27.5 Å². The SMILES string of the molecule is Cc1ccc(-c2cnc(SCC(=O)NC3CCS(=O)(=O)C3)n2-c2ccccc2)cc1. The molecule has 156 valence electrons. The predicted molar refractivity (Wildman–Crippen MR) is 120 cm³/mol. The van der Waals surface area contributed by atoms with Crippen molar-refractivity contribution in [2.75, 3.05) is 17.3 Å². The van der Waals surface area contributed by atoms with E-state index in [1.807, 2.05) is 48.0 Å². The molecule has 0 radical (unpaired) electrons. The number of imidazole rings is 1. The van der Waals surface area contributed by atoms with Crippen LogP contribution < -0.4 is 5.32 Å². The van der Waals surface area contributed by atoms with E-state index in [2.05, 4.69) is 34.6 Å². The quantitative estimate of drug-likeness (QED) is 0.594. The van der Waals surface area contributed by atoms with Gasteiger partial charge in [0.1, 0.15) is 0 Å². The number of hydrogen-bond acceptors (Lipinski definition) is 5. The number of nitrogens with one attached hydrogen (secondary N) is 1. The molecule has 2 heterocycles. The molecule has 8 heteroatoms. The van der Waals surface area contributed by atoms with Crippen LogP contribution in [0.25, 0.3) is 16.9 Å². The maximum Gasteiger partial charge on any atom is 0.230 e. The zero-order chi connectivity index (χ0) is 21.1. The molecular formula is C22H23N3O3S2. The van der Waals surface area contributed by atoms with Gasteiger partial charge in [-0.3, -0.25) is 9.36 Å². The normalized spacial score (nSPS) is 17.7. The van der Waals surface area contributed by atoms with Gasteiger partial charge in [-0.25, -0.2) is 13.4 Å². The largest absolute Gasteiger partial charge is 0.352 e. The van der Waals surface area contributed by atoms with E-state index in [1.54, 1.807) is 0 Å². The van der Waals surface area contributed by atoms with Crippen LogP contribution in [0, 0.1) is 6.92 Å². The minimum atomic E-state index is -3.02. The van der Waals surface area contributed by atoms with E-state index in [4.69, 9.17) is 0 Å². The summed E-state index contributed by atoms with van der Waals surface area (Å²) in [5.41, 5.74) is 4.15. The van der Waals surface area contributed by atoms with Gasteiger partial charge in [0.05, 0.1) is 29.1 Å². The van der Waals surface area contributed by atoms with Crippen molar-refractivity contribution in [3.05, 3.63) is 66.4 Å². The van der Waals surface area contributed by atoms with Gasteiger partial charge in [-0.15, -0.1) is 0 Å². The number of carbonyl (C=O) groups is 1. The Bertz CT molecular complexity index is 1140. The highest BCUT2D eigenvalue weighted by Crippen LogP contribution is 2.30. The lowest BCUT2D eigenvalue weighted by Gasteiger charge is -2.13. The lowest BCUT2D eigenvalue weighted by molar-refractivity contribution is -0.119. The van der Waals surface area contributed by atoms with E-state index in [0.29, 0.717) is 11.6 Å². The second-order valence-corrected chi connectivity index (χ2v) is 10.6. The number of thioether (sulfide) groups is 1. The molecule has 1 atom stereocenters. The summed E-state index contributed by atoms with van der Waals surface area (Å²) < 4.78 is 25.2. The topological polar surface area (TPSA) is 81.1 Å². The van der Waals surface area contributed by atoms with Crippen molar-refractivity contribution in [3.8, 4) is 16.9 Å². The number of aromatic nitrogens is 2. The summed E-state index contributed by atoms with van der Waals surface area (Å²) in [7, 11) is -3.02. The van der Waals surface area contributed by atoms with Gasteiger partial charge in [-0.05, 0) is 25.5 Å². The maximum atomic E-state index is 12.4. The van der Waals surface area contributed by atoms with Crippen LogP contribution in [-0.4, -0.2) is 47.2 Å². The Morgan fingerprint density at radius 3 is 2.57 bits per heavy atom. The highest BCUT2D eigenvalue weighted by Gasteiger charge is 2.29. The van der Waals surface area contributed by atoms with E-state index in [-0.39, 0.29) is 29.2 Å².